The maximum absolute atomic E-state index is 12.2. The fourth-order valence-electron chi connectivity index (χ4n) is 2.24. The van der Waals surface area contributed by atoms with Crippen LogP contribution < -0.4 is 15.8 Å². The first-order chi connectivity index (χ1) is 13.8. The molecule has 0 saturated carbocycles. The number of nitrogens with one attached hydrogen (secondary N) is 1. The molecule has 0 fully saturated rings. The monoisotopic (exact) mass is 440 g/mol. The van der Waals surface area contributed by atoms with Gasteiger partial charge < -0.3 is 15.8 Å². The fourth-order valence-corrected chi connectivity index (χ4v) is 3.94. The lowest BCUT2D eigenvalue weighted by atomic mass is 10.1. The van der Waals surface area contributed by atoms with E-state index in [1.807, 2.05) is 0 Å². The van der Waals surface area contributed by atoms with Gasteiger partial charge in [-0.15, -0.1) is 23.4 Å². The Bertz CT molecular complexity index is 960. The van der Waals surface area contributed by atoms with Crippen LogP contribution in [-0.2, 0) is 12.3 Å². The van der Waals surface area contributed by atoms with Crippen LogP contribution in [0.5, 0.6) is 5.75 Å². The van der Waals surface area contributed by atoms with Crippen molar-refractivity contribution in [1.29, 1.82) is 0 Å². The largest absolute Gasteiger partial charge is 0.573 e. The number of hydrogen-bond acceptors (Lipinski definition) is 7. The van der Waals surface area contributed by atoms with Gasteiger partial charge in [-0.1, -0.05) is 47.4 Å². The number of nitrogens with two attached hydrogens (primary N) is 1. The van der Waals surface area contributed by atoms with E-state index in [1.165, 1.54) is 35.2 Å². The highest BCUT2D eigenvalue weighted by Crippen LogP contribution is 2.29. The zero-order chi connectivity index (χ0) is 20.9. The summed E-state index contributed by atoms with van der Waals surface area (Å²) in [6.07, 6.45) is -4.70. The molecule has 0 radical (unpaired) electrons. The Hall–Kier alpha value is -2.79. The van der Waals surface area contributed by atoms with Gasteiger partial charge in [0.2, 0.25) is 11.0 Å². The van der Waals surface area contributed by atoms with Crippen LogP contribution in [0.2, 0.25) is 0 Å². The molecular weight excluding hydrogens is 425 g/mol. The molecule has 29 heavy (non-hydrogen) atoms. The molecule has 152 valence electrons. The quantitative estimate of drug-likeness (QED) is 0.504. The molecule has 1 aromatic heterocycles. The summed E-state index contributed by atoms with van der Waals surface area (Å²) in [6.45, 7) is 0.513. The first-order valence-electron chi connectivity index (χ1n) is 8.22. The third-order valence-electron chi connectivity index (χ3n) is 3.61. The standard InChI is InChI=1S/C18H15F3N4O2S2/c19-18(20,21)27-14-7-3-12(4-8-14)10-28-17-25-24-16(29-17)23-9-11-1-5-13(6-2-11)15(22)26/h1-8H,9-10H2,(H2,22,26)(H,23,24). The molecule has 0 aliphatic heterocycles. The second-order valence-corrected chi connectivity index (χ2v) is 7.97. The van der Waals surface area contributed by atoms with Crippen LogP contribution in [0.3, 0.4) is 0 Å². The van der Waals surface area contributed by atoms with E-state index in [0.717, 1.165) is 15.5 Å². The van der Waals surface area contributed by atoms with E-state index < -0.39 is 12.3 Å². The van der Waals surface area contributed by atoms with Gasteiger partial charge in [0.1, 0.15) is 5.75 Å². The highest BCUT2D eigenvalue weighted by atomic mass is 32.2. The average Bonchev–Trinajstić information content (AvgIpc) is 3.13. The van der Waals surface area contributed by atoms with Crippen LogP contribution in [0.4, 0.5) is 18.3 Å². The number of thioether (sulfide) groups is 1. The van der Waals surface area contributed by atoms with Crippen molar-refractivity contribution in [1.82, 2.24) is 10.2 Å². The minimum atomic E-state index is -4.70. The summed E-state index contributed by atoms with van der Waals surface area (Å²) in [5.41, 5.74) is 7.45. The van der Waals surface area contributed by atoms with E-state index in [1.54, 1.807) is 36.4 Å². The van der Waals surface area contributed by atoms with Gasteiger partial charge in [0, 0.05) is 17.9 Å². The number of benzene rings is 2. The first kappa shape index (κ1) is 20.9. The topological polar surface area (TPSA) is 90.1 Å². The predicted molar refractivity (Wildman–Crippen MR) is 105 cm³/mol. The number of hydrogen-bond donors (Lipinski definition) is 2. The lowest BCUT2D eigenvalue weighted by Crippen LogP contribution is -2.16. The molecule has 1 heterocycles. The highest BCUT2D eigenvalue weighted by molar-refractivity contribution is 8.00. The Morgan fingerprint density at radius 3 is 2.34 bits per heavy atom. The van der Waals surface area contributed by atoms with Gasteiger partial charge >= 0.3 is 6.36 Å². The number of ether oxygens (including phenoxy) is 1. The second-order valence-electron chi connectivity index (χ2n) is 5.77. The van der Waals surface area contributed by atoms with E-state index in [0.29, 0.717) is 23.0 Å². The van der Waals surface area contributed by atoms with Crippen LogP contribution in [0.15, 0.2) is 52.9 Å². The van der Waals surface area contributed by atoms with Crippen molar-refractivity contribution < 1.29 is 22.7 Å². The maximum Gasteiger partial charge on any atom is 0.573 e. The smallest absolute Gasteiger partial charge is 0.406 e. The van der Waals surface area contributed by atoms with Crippen molar-refractivity contribution >= 4 is 34.1 Å². The number of amides is 1. The summed E-state index contributed by atoms with van der Waals surface area (Å²) in [4.78, 5) is 11.1. The lowest BCUT2D eigenvalue weighted by molar-refractivity contribution is -0.274. The molecule has 0 atom stereocenters. The van der Waals surface area contributed by atoms with E-state index in [-0.39, 0.29) is 5.75 Å². The Labute approximate surface area is 172 Å². The third kappa shape index (κ3) is 6.64. The summed E-state index contributed by atoms with van der Waals surface area (Å²) < 4.78 is 41.1. The van der Waals surface area contributed by atoms with Gasteiger partial charge in [-0.2, -0.15) is 0 Å². The highest BCUT2D eigenvalue weighted by Gasteiger charge is 2.30. The maximum atomic E-state index is 12.2. The predicted octanol–water partition coefficient (Wildman–Crippen LogP) is 4.44. The Morgan fingerprint density at radius 1 is 1.07 bits per heavy atom. The first-order valence-corrected chi connectivity index (χ1v) is 10.0. The zero-order valence-corrected chi connectivity index (χ0v) is 16.4. The van der Waals surface area contributed by atoms with Gasteiger partial charge in [0.05, 0.1) is 0 Å². The average molecular weight is 440 g/mol. The summed E-state index contributed by atoms with van der Waals surface area (Å²) in [5, 5.41) is 11.9. The van der Waals surface area contributed by atoms with Crippen molar-refractivity contribution in [3.05, 3.63) is 65.2 Å². The van der Waals surface area contributed by atoms with Crippen LogP contribution in [-0.4, -0.2) is 22.5 Å². The van der Waals surface area contributed by atoms with E-state index >= 15 is 0 Å². The summed E-state index contributed by atoms with van der Waals surface area (Å²) in [5.74, 6) is -0.189. The lowest BCUT2D eigenvalue weighted by Gasteiger charge is -2.08. The minimum absolute atomic E-state index is 0.252. The number of halogens is 3. The number of nitrogens with zero attached hydrogens (tertiary/aromatic N) is 2. The molecule has 0 unspecified atom stereocenters. The number of carbonyl (C=O) groups excluding carboxylic acids is 1. The molecule has 0 bridgehead atoms. The SMILES string of the molecule is NC(=O)c1ccc(CNc2nnc(SCc3ccc(OC(F)(F)F)cc3)s2)cc1. The number of aromatic nitrogens is 2. The van der Waals surface area contributed by atoms with Crippen molar-refractivity contribution in [3.8, 4) is 5.75 Å². The Morgan fingerprint density at radius 2 is 1.72 bits per heavy atom. The van der Waals surface area contributed by atoms with E-state index in [2.05, 4.69) is 20.3 Å². The molecule has 0 spiro atoms. The molecule has 11 heteroatoms. The van der Waals surface area contributed by atoms with Crippen molar-refractivity contribution in [2.24, 2.45) is 5.73 Å². The molecule has 0 aliphatic rings. The molecule has 6 nitrogen and oxygen atoms in total. The van der Waals surface area contributed by atoms with E-state index in [9.17, 15) is 18.0 Å². The van der Waals surface area contributed by atoms with Gasteiger partial charge in [0.15, 0.2) is 4.34 Å². The van der Waals surface area contributed by atoms with Gasteiger partial charge in [-0.3, -0.25) is 4.79 Å². The molecule has 1 amide bonds. The van der Waals surface area contributed by atoms with Gasteiger partial charge in [0.25, 0.3) is 0 Å². The van der Waals surface area contributed by atoms with Crippen molar-refractivity contribution in [2.75, 3.05) is 5.32 Å². The van der Waals surface area contributed by atoms with Gasteiger partial charge in [-0.05, 0) is 35.4 Å². The fraction of sp³-hybridized carbons (Fsp3) is 0.167. The molecule has 0 aliphatic carbocycles. The number of alkyl halides is 3. The molecule has 3 rings (SSSR count). The number of rotatable bonds is 8. The van der Waals surface area contributed by atoms with Crippen molar-refractivity contribution in [2.45, 2.75) is 23.0 Å². The molecular formula is C18H15F3N4O2S2. The van der Waals surface area contributed by atoms with Gasteiger partial charge in [-0.25, -0.2) is 0 Å². The zero-order valence-electron chi connectivity index (χ0n) is 14.8. The van der Waals surface area contributed by atoms with Crippen LogP contribution in [0, 0.1) is 0 Å². The summed E-state index contributed by atoms with van der Waals surface area (Å²) >= 11 is 2.80. The summed E-state index contributed by atoms with van der Waals surface area (Å²) in [6, 6.07) is 12.6. The van der Waals surface area contributed by atoms with Crippen LogP contribution in [0.1, 0.15) is 21.5 Å². The number of primary amides is 1. The van der Waals surface area contributed by atoms with E-state index in [4.69, 9.17) is 5.73 Å². The Kier molecular flexibility index (Phi) is 6.60. The number of carbonyl (C=O) groups is 1. The molecule has 3 aromatic rings. The second kappa shape index (κ2) is 9.14. The number of anilines is 1. The minimum Gasteiger partial charge on any atom is -0.406 e. The van der Waals surface area contributed by atoms with Crippen molar-refractivity contribution in [3.63, 3.8) is 0 Å². The van der Waals surface area contributed by atoms with Crippen LogP contribution >= 0.6 is 23.1 Å². The van der Waals surface area contributed by atoms with Crippen LogP contribution in [0.25, 0.3) is 0 Å². The molecule has 2 aromatic carbocycles. The molecule has 3 N–H and O–H groups in total. The third-order valence-corrected chi connectivity index (χ3v) is 5.69. The normalized spacial score (nSPS) is 11.3. The summed E-state index contributed by atoms with van der Waals surface area (Å²) in [7, 11) is 0. The Balaban J connectivity index is 1.48. The molecule has 0 saturated heterocycles.